The Balaban J connectivity index is 0.00000300. The molecule has 0 unspecified atom stereocenters. The molecule has 0 spiro atoms. The van der Waals surface area contributed by atoms with Crippen LogP contribution in [0.3, 0.4) is 0 Å². The quantitative estimate of drug-likeness (QED) is 0.246. The van der Waals surface area contributed by atoms with Gasteiger partial charge in [0.2, 0.25) is 0 Å². The van der Waals surface area contributed by atoms with Crippen LogP contribution in [0.2, 0.25) is 0 Å². The van der Waals surface area contributed by atoms with Gasteiger partial charge in [-0.25, -0.2) is 4.99 Å². The molecule has 3 rings (SSSR count). The van der Waals surface area contributed by atoms with E-state index in [1.54, 1.807) is 6.08 Å². The average Bonchev–Trinajstić information content (AvgIpc) is 2.95. The van der Waals surface area contributed by atoms with Crippen LogP contribution in [0.25, 0.3) is 0 Å². The van der Waals surface area contributed by atoms with Crippen molar-refractivity contribution in [2.24, 2.45) is 4.99 Å². The normalized spacial score (nSPS) is 13.6. The van der Waals surface area contributed by atoms with Crippen LogP contribution >= 0.6 is 24.0 Å². The smallest absolute Gasteiger partial charge is 0.191 e. The Labute approximate surface area is 190 Å². The lowest BCUT2D eigenvalue weighted by Gasteiger charge is -2.13. The van der Waals surface area contributed by atoms with E-state index in [2.05, 4.69) is 38.9 Å². The standard InChI is InChI=1S/C21H30N6O.HI/c1-3-14-28-18-11-8-7-10-17(18)15-23-21(22-4-2)24-16-20-26-25-19-12-6-5-9-13-27(19)20;/h3,7-8,10-11H,1,4-6,9,12-16H2,2H3,(H2,22,23,24);1H. The molecule has 29 heavy (non-hydrogen) atoms. The van der Waals surface area contributed by atoms with E-state index in [4.69, 9.17) is 9.73 Å². The van der Waals surface area contributed by atoms with Crippen molar-refractivity contribution in [1.29, 1.82) is 0 Å². The number of aliphatic imine (C=N–C) groups is 1. The van der Waals surface area contributed by atoms with Crippen molar-refractivity contribution in [3.05, 3.63) is 54.1 Å². The topological polar surface area (TPSA) is 76.4 Å². The number of ether oxygens (including phenoxy) is 1. The summed E-state index contributed by atoms with van der Waals surface area (Å²) in [5.74, 6) is 3.67. The monoisotopic (exact) mass is 510 g/mol. The van der Waals surface area contributed by atoms with E-state index >= 15 is 0 Å². The van der Waals surface area contributed by atoms with Gasteiger partial charge in [0.15, 0.2) is 11.8 Å². The van der Waals surface area contributed by atoms with Gasteiger partial charge < -0.3 is 19.9 Å². The molecule has 0 saturated carbocycles. The predicted octanol–water partition coefficient (Wildman–Crippen LogP) is 3.44. The van der Waals surface area contributed by atoms with Gasteiger partial charge in [-0.15, -0.1) is 34.2 Å². The number of nitrogens with one attached hydrogen (secondary N) is 2. The molecule has 8 heteroatoms. The molecule has 0 aliphatic carbocycles. The van der Waals surface area contributed by atoms with Crippen molar-refractivity contribution >= 4 is 29.9 Å². The molecule has 0 fully saturated rings. The summed E-state index contributed by atoms with van der Waals surface area (Å²) < 4.78 is 7.97. The fraction of sp³-hybridized carbons (Fsp3) is 0.476. The van der Waals surface area contributed by atoms with Crippen molar-refractivity contribution in [3.8, 4) is 5.75 Å². The van der Waals surface area contributed by atoms with Crippen molar-refractivity contribution in [1.82, 2.24) is 25.4 Å². The number of guanidine groups is 1. The lowest BCUT2D eigenvalue weighted by molar-refractivity contribution is 0.359. The highest BCUT2D eigenvalue weighted by Crippen LogP contribution is 2.19. The number of aromatic nitrogens is 3. The molecule has 0 atom stereocenters. The van der Waals surface area contributed by atoms with Gasteiger partial charge in [-0.3, -0.25) is 0 Å². The zero-order valence-corrected chi connectivity index (χ0v) is 19.4. The lowest BCUT2D eigenvalue weighted by Crippen LogP contribution is -2.37. The van der Waals surface area contributed by atoms with E-state index in [9.17, 15) is 0 Å². The first-order chi connectivity index (χ1) is 13.8. The molecule has 1 aromatic carbocycles. The number of halogens is 1. The highest BCUT2D eigenvalue weighted by Gasteiger charge is 2.14. The molecule has 7 nitrogen and oxygen atoms in total. The largest absolute Gasteiger partial charge is 0.489 e. The van der Waals surface area contributed by atoms with Gasteiger partial charge in [-0.05, 0) is 25.8 Å². The summed E-state index contributed by atoms with van der Waals surface area (Å²) in [6.45, 7) is 9.17. The highest BCUT2D eigenvalue weighted by atomic mass is 127. The van der Waals surface area contributed by atoms with Gasteiger partial charge in [0.05, 0.1) is 13.1 Å². The number of aryl methyl sites for hydroxylation is 1. The summed E-state index contributed by atoms with van der Waals surface area (Å²) in [5.41, 5.74) is 1.04. The van der Waals surface area contributed by atoms with Crippen molar-refractivity contribution in [2.75, 3.05) is 13.2 Å². The summed E-state index contributed by atoms with van der Waals surface area (Å²) in [5, 5.41) is 15.4. The Hall–Kier alpha value is -2.10. The lowest BCUT2D eigenvalue weighted by atomic mass is 10.2. The molecule has 1 aliphatic rings. The van der Waals surface area contributed by atoms with Crippen LogP contribution in [0.4, 0.5) is 0 Å². The number of hydrogen-bond donors (Lipinski definition) is 2. The molecular formula is C21H31IN6O. The Morgan fingerprint density at radius 2 is 2.10 bits per heavy atom. The molecular weight excluding hydrogens is 479 g/mol. The second-order valence-electron chi connectivity index (χ2n) is 6.75. The fourth-order valence-corrected chi connectivity index (χ4v) is 3.27. The van der Waals surface area contributed by atoms with Gasteiger partial charge in [0.1, 0.15) is 18.2 Å². The number of rotatable bonds is 8. The van der Waals surface area contributed by atoms with E-state index in [0.717, 1.165) is 48.4 Å². The molecule has 0 amide bonds. The maximum absolute atomic E-state index is 5.72. The summed E-state index contributed by atoms with van der Waals surface area (Å²) in [4.78, 5) is 4.71. The number of fused-ring (bicyclic) bond motifs is 1. The minimum Gasteiger partial charge on any atom is -0.489 e. The van der Waals surface area contributed by atoms with E-state index in [-0.39, 0.29) is 24.0 Å². The summed E-state index contributed by atoms with van der Waals surface area (Å²) in [7, 11) is 0. The van der Waals surface area contributed by atoms with Crippen molar-refractivity contribution < 1.29 is 4.74 Å². The van der Waals surface area contributed by atoms with E-state index in [1.807, 2.05) is 24.3 Å². The molecule has 1 aromatic heterocycles. The van der Waals surface area contributed by atoms with Gasteiger partial charge in [0, 0.05) is 25.1 Å². The minimum absolute atomic E-state index is 0. The summed E-state index contributed by atoms with van der Waals surface area (Å²) in [6.07, 6.45) is 6.40. The molecule has 0 saturated heterocycles. The van der Waals surface area contributed by atoms with Crippen LogP contribution in [0.5, 0.6) is 5.75 Å². The molecule has 2 N–H and O–H groups in total. The first kappa shape index (κ1) is 23.2. The van der Waals surface area contributed by atoms with E-state index in [0.29, 0.717) is 19.7 Å². The van der Waals surface area contributed by atoms with Crippen LogP contribution in [0, 0.1) is 0 Å². The molecule has 0 radical (unpaired) electrons. The number of nitrogens with zero attached hydrogens (tertiary/aromatic N) is 4. The first-order valence-electron chi connectivity index (χ1n) is 10.1. The van der Waals surface area contributed by atoms with Crippen LogP contribution < -0.4 is 15.4 Å². The highest BCUT2D eigenvalue weighted by molar-refractivity contribution is 14.0. The number of hydrogen-bond acceptors (Lipinski definition) is 4. The van der Waals surface area contributed by atoms with Crippen LogP contribution in [-0.2, 0) is 26.1 Å². The van der Waals surface area contributed by atoms with Gasteiger partial charge in [0.25, 0.3) is 0 Å². The zero-order valence-electron chi connectivity index (χ0n) is 17.1. The Morgan fingerprint density at radius 1 is 1.24 bits per heavy atom. The average molecular weight is 510 g/mol. The third-order valence-electron chi connectivity index (χ3n) is 4.68. The molecule has 1 aliphatic heterocycles. The Bertz CT molecular complexity index is 804. The first-order valence-corrected chi connectivity index (χ1v) is 10.1. The van der Waals surface area contributed by atoms with Gasteiger partial charge >= 0.3 is 0 Å². The maximum Gasteiger partial charge on any atom is 0.191 e. The zero-order chi connectivity index (χ0) is 19.6. The van der Waals surface area contributed by atoms with E-state index < -0.39 is 0 Å². The van der Waals surface area contributed by atoms with Gasteiger partial charge in [-0.1, -0.05) is 37.3 Å². The second-order valence-corrected chi connectivity index (χ2v) is 6.75. The summed E-state index contributed by atoms with van der Waals surface area (Å²) in [6, 6.07) is 7.95. The van der Waals surface area contributed by atoms with Crippen LogP contribution in [0.15, 0.2) is 41.9 Å². The minimum atomic E-state index is 0. The molecule has 2 aromatic rings. The van der Waals surface area contributed by atoms with E-state index in [1.165, 1.54) is 19.3 Å². The van der Waals surface area contributed by atoms with Crippen LogP contribution in [-0.4, -0.2) is 33.9 Å². The number of benzene rings is 1. The van der Waals surface area contributed by atoms with Crippen molar-refractivity contribution in [2.45, 2.75) is 52.2 Å². The molecule has 2 heterocycles. The second kappa shape index (κ2) is 12.5. The number of para-hydroxylation sites is 1. The summed E-state index contributed by atoms with van der Waals surface area (Å²) >= 11 is 0. The van der Waals surface area contributed by atoms with Crippen molar-refractivity contribution in [3.63, 3.8) is 0 Å². The molecule has 0 bridgehead atoms. The maximum atomic E-state index is 5.72. The fourth-order valence-electron chi connectivity index (χ4n) is 3.27. The van der Waals surface area contributed by atoms with Crippen LogP contribution in [0.1, 0.15) is 43.4 Å². The third kappa shape index (κ3) is 6.73. The Morgan fingerprint density at radius 3 is 2.93 bits per heavy atom. The molecule has 158 valence electrons. The SMILES string of the molecule is C=CCOc1ccccc1CN=C(NCC)NCc1nnc2n1CCCCC2.I. The Kier molecular flexibility index (Phi) is 9.96. The third-order valence-corrected chi connectivity index (χ3v) is 4.68. The van der Waals surface area contributed by atoms with Gasteiger partial charge in [-0.2, -0.15) is 0 Å². The predicted molar refractivity (Wildman–Crippen MR) is 127 cm³/mol.